The van der Waals surface area contributed by atoms with Gasteiger partial charge in [-0.3, -0.25) is 4.79 Å². The van der Waals surface area contributed by atoms with Gasteiger partial charge in [-0.05, 0) is 0 Å². The first kappa shape index (κ1) is 19.9. The van der Waals surface area contributed by atoms with Crippen molar-refractivity contribution in [2.45, 2.75) is 25.6 Å². The first-order chi connectivity index (χ1) is 14.3. The topological polar surface area (TPSA) is 98.1 Å². The van der Waals surface area contributed by atoms with Crippen LogP contribution in [0.25, 0.3) is 16.7 Å². The van der Waals surface area contributed by atoms with Gasteiger partial charge in [0, 0.05) is 44.5 Å². The normalized spacial score (nSPS) is 14.9. The summed E-state index contributed by atoms with van der Waals surface area (Å²) >= 11 is 0. The molecule has 0 aliphatic carbocycles. The molecule has 0 radical (unpaired) electrons. The molecule has 0 unspecified atom stereocenters. The Bertz CT molecular complexity index is 1080. The average molecular weight is 425 g/mol. The predicted molar refractivity (Wildman–Crippen MR) is 96.8 cm³/mol. The second-order valence-corrected chi connectivity index (χ2v) is 6.63. The number of hydrogen-bond acceptors (Lipinski definition) is 7. The van der Waals surface area contributed by atoms with Crippen LogP contribution < -0.4 is 10.2 Å². The highest BCUT2D eigenvalue weighted by Gasteiger charge is 2.34. The van der Waals surface area contributed by atoms with Crippen LogP contribution in [-0.2, 0) is 15.5 Å². The van der Waals surface area contributed by atoms with Crippen LogP contribution in [0.15, 0.2) is 24.5 Å². The van der Waals surface area contributed by atoms with Crippen molar-refractivity contribution >= 4 is 28.9 Å². The highest BCUT2D eigenvalue weighted by Crippen LogP contribution is 2.33. The molecule has 0 atom stereocenters. The summed E-state index contributed by atoms with van der Waals surface area (Å²) in [5, 5.41) is 7.35. The number of aromatic nitrogens is 5. The van der Waals surface area contributed by atoms with Crippen LogP contribution in [0, 0.1) is 0 Å². The van der Waals surface area contributed by atoms with Gasteiger partial charge in [0.05, 0.1) is 17.0 Å². The Morgan fingerprint density at radius 2 is 2.10 bits per heavy atom. The summed E-state index contributed by atoms with van der Waals surface area (Å²) in [6.07, 6.45) is 2.42. The number of hydrogen-bond donors (Lipinski definition) is 1. The van der Waals surface area contributed by atoms with Crippen molar-refractivity contribution in [3.63, 3.8) is 0 Å². The molecule has 3 aromatic heterocycles. The first-order valence-electron chi connectivity index (χ1n) is 8.75. The van der Waals surface area contributed by atoms with Crippen molar-refractivity contribution in [3.05, 3.63) is 30.4 Å². The molecular formula is C17H15F4N7O2. The number of amides is 1. The van der Waals surface area contributed by atoms with Crippen LogP contribution in [-0.4, -0.2) is 56.9 Å². The monoisotopic (exact) mass is 425 g/mol. The fourth-order valence-corrected chi connectivity index (χ4v) is 3.06. The third-order valence-electron chi connectivity index (χ3n) is 4.45. The molecule has 30 heavy (non-hydrogen) atoms. The Morgan fingerprint density at radius 1 is 1.33 bits per heavy atom. The number of alkyl halides is 4. The zero-order valence-electron chi connectivity index (χ0n) is 15.5. The van der Waals surface area contributed by atoms with Crippen molar-refractivity contribution in [1.82, 2.24) is 24.7 Å². The van der Waals surface area contributed by atoms with Crippen LogP contribution in [0.3, 0.4) is 0 Å². The minimum atomic E-state index is -3.26. The lowest BCUT2D eigenvalue weighted by atomic mass is 10.1. The van der Waals surface area contributed by atoms with E-state index in [0.717, 1.165) is 0 Å². The van der Waals surface area contributed by atoms with Crippen molar-refractivity contribution in [3.8, 4) is 5.82 Å². The largest absolute Gasteiger partial charge is 0.349 e. The summed E-state index contributed by atoms with van der Waals surface area (Å²) in [5.74, 6) is -3.26. The highest BCUT2D eigenvalue weighted by molar-refractivity contribution is 5.93. The number of pyridine rings is 1. The molecule has 1 fully saturated rings. The number of ether oxygens (including phenoxy) is 1. The maximum atomic E-state index is 13.7. The molecular weight excluding hydrogens is 410 g/mol. The van der Waals surface area contributed by atoms with Crippen LogP contribution >= 0.6 is 0 Å². The van der Waals surface area contributed by atoms with Gasteiger partial charge in [-0.1, -0.05) is 0 Å². The molecule has 0 aromatic carbocycles. The first-order valence-corrected chi connectivity index (χ1v) is 8.75. The maximum absolute atomic E-state index is 13.7. The van der Waals surface area contributed by atoms with Gasteiger partial charge in [0.1, 0.15) is 5.82 Å². The molecule has 1 N–H and O–H groups in total. The lowest BCUT2D eigenvalue weighted by Crippen LogP contribution is -2.53. The van der Waals surface area contributed by atoms with E-state index in [1.807, 2.05) is 0 Å². The molecule has 1 aliphatic heterocycles. The Kier molecular flexibility index (Phi) is 4.97. The van der Waals surface area contributed by atoms with E-state index in [-0.39, 0.29) is 24.7 Å². The van der Waals surface area contributed by atoms with Gasteiger partial charge in [-0.15, -0.1) is 5.10 Å². The molecule has 4 rings (SSSR count). The Morgan fingerprint density at radius 3 is 2.77 bits per heavy atom. The molecule has 0 spiro atoms. The van der Waals surface area contributed by atoms with Gasteiger partial charge in [-0.25, -0.2) is 19.6 Å². The van der Waals surface area contributed by atoms with Crippen LogP contribution in [0.4, 0.5) is 29.2 Å². The third kappa shape index (κ3) is 3.75. The van der Waals surface area contributed by atoms with Gasteiger partial charge in [0.25, 0.3) is 0 Å². The lowest BCUT2D eigenvalue weighted by molar-refractivity contribution is -0.167. The summed E-state index contributed by atoms with van der Waals surface area (Å²) < 4.78 is 57.9. The smallest absolute Gasteiger partial charge is 0.345 e. The van der Waals surface area contributed by atoms with E-state index < -0.39 is 24.5 Å². The van der Waals surface area contributed by atoms with Crippen molar-refractivity contribution in [2.24, 2.45) is 0 Å². The third-order valence-corrected chi connectivity index (χ3v) is 4.45. The predicted octanol–water partition coefficient (Wildman–Crippen LogP) is 2.32. The number of nitrogens with zero attached hydrogens (tertiary/aromatic N) is 6. The Balaban J connectivity index is 1.77. The van der Waals surface area contributed by atoms with E-state index in [1.54, 1.807) is 4.90 Å². The van der Waals surface area contributed by atoms with E-state index in [9.17, 15) is 22.4 Å². The number of halogens is 4. The van der Waals surface area contributed by atoms with Gasteiger partial charge < -0.3 is 15.0 Å². The zero-order valence-corrected chi connectivity index (χ0v) is 15.5. The molecule has 1 aliphatic rings. The molecule has 9 nitrogen and oxygen atoms in total. The summed E-state index contributed by atoms with van der Waals surface area (Å²) in [7, 11) is 0. The van der Waals surface area contributed by atoms with Crippen molar-refractivity contribution < 1.29 is 27.1 Å². The lowest BCUT2D eigenvalue weighted by Gasteiger charge is -2.38. The fourth-order valence-electron chi connectivity index (χ4n) is 3.06. The zero-order chi connectivity index (χ0) is 21.5. The summed E-state index contributed by atoms with van der Waals surface area (Å²) in [4.78, 5) is 24.0. The maximum Gasteiger partial charge on any atom is 0.345 e. The van der Waals surface area contributed by atoms with Gasteiger partial charge in [0.2, 0.25) is 12.2 Å². The van der Waals surface area contributed by atoms with Gasteiger partial charge >= 0.3 is 12.5 Å². The number of rotatable bonds is 7. The van der Waals surface area contributed by atoms with E-state index in [4.69, 9.17) is 0 Å². The minimum Gasteiger partial charge on any atom is -0.349 e. The fraction of sp³-hybridized carbons (Fsp3) is 0.353. The number of carbonyl (C=O) groups is 1. The molecule has 3 aromatic rings. The Labute approximate surface area is 166 Å². The van der Waals surface area contributed by atoms with E-state index in [2.05, 4.69) is 30.1 Å². The SMILES string of the molecule is CC(F)(F)c1nccc(-n2nc(N3CC(OC(F)F)C3)c3cnc(NC=O)cc32)n1. The number of nitrogens with one attached hydrogen (secondary N) is 1. The van der Waals surface area contributed by atoms with Crippen LogP contribution in [0.1, 0.15) is 12.7 Å². The average Bonchev–Trinajstić information content (AvgIpc) is 3.02. The summed E-state index contributed by atoms with van der Waals surface area (Å²) in [6.45, 7) is -1.85. The Hall–Kier alpha value is -3.35. The number of carbonyl (C=O) groups excluding carboxylic acids is 1. The van der Waals surface area contributed by atoms with Crippen LogP contribution in [0.2, 0.25) is 0 Å². The molecule has 158 valence electrons. The second-order valence-electron chi connectivity index (χ2n) is 6.63. The highest BCUT2D eigenvalue weighted by atomic mass is 19.3. The van der Waals surface area contributed by atoms with Gasteiger partial charge in [0.15, 0.2) is 11.6 Å². The van der Waals surface area contributed by atoms with E-state index in [1.165, 1.54) is 29.2 Å². The summed E-state index contributed by atoms with van der Waals surface area (Å²) in [5.41, 5.74) is 0.423. The molecule has 0 bridgehead atoms. The minimum absolute atomic E-state index is 0.0712. The summed E-state index contributed by atoms with van der Waals surface area (Å²) in [6, 6.07) is 2.90. The van der Waals surface area contributed by atoms with Gasteiger partial charge in [-0.2, -0.15) is 17.6 Å². The van der Waals surface area contributed by atoms with Crippen molar-refractivity contribution in [2.75, 3.05) is 23.3 Å². The van der Waals surface area contributed by atoms with Crippen molar-refractivity contribution in [1.29, 1.82) is 0 Å². The molecule has 4 heterocycles. The second kappa shape index (κ2) is 7.48. The quantitative estimate of drug-likeness (QED) is 0.458. The van der Waals surface area contributed by atoms with E-state index >= 15 is 0 Å². The molecule has 1 amide bonds. The standard InChI is InChI=1S/C17H15F4N7O2/c1-17(20,21)15-22-3-2-13(25-15)28-11-4-12(24-8-29)23-5-10(11)14(26-28)27-6-9(7-27)30-16(18)19/h2-5,8-9,16H,6-7H2,1H3,(H,23,24,29). The van der Waals surface area contributed by atoms with E-state index in [0.29, 0.717) is 30.1 Å². The molecule has 0 saturated carbocycles. The van der Waals surface area contributed by atoms with Crippen LogP contribution in [0.5, 0.6) is 0 Å². The number of fused-ring (bicyclic) bond motifs is 1. The molecule has 13 heteroatoms. The number of anilines is 2. The molecule has 1 saturated heterocycles.